The quantitative estimate of drug-likeness (QED) is 0.424. The highest BCUT2D eigenvalue weighted by Gasteiger charge is 2.19. The lowest BCUT2D eigenvalue weighted by molar-refractivity contribution is 0.0544. The Kier molecular flexibility index (Phi) is 6.80. The molecule has 1 aromatic carbocycles. The topological polar surface area (TPSA) is 100 Å². The summed E-state index contributed by atoms with van der Waals surface area (Å²) in [6.07, 6.45) is 6.57. The van der Waals surface area contributed by atoms with Crippen molar-refractivity contribution >= 4 is 22.9 Å². The molecular formula is C28H31N5O4. The molecule has 1 saturated heterocycles. The van der Waals surface area contributed by atoms with Crippen LogP contribution < -0.4 is 10.9 Å². The molecule has 192 valence electrons. The predicted molar refractivity (Wildman–Crippen MR) is 142 cm³/mol. The van der Waals surface area contributed by atoms with Crippen molar-refractivity contribution in [2.45, 2.75) is 51.8 Å². The summed E-state index contributed by atoms with van der Waals surface area (Å²) in [4.78, 5) is 34.6. The average Bonchev–Trinajstić information content (AvgIpc) is 3.29. The van der Waals surface area contributed by atoms with Crippen molar-refractivity contribution in [2.75, 3.05) is 18.5 Å². The molecule has 0 aliphatic carbocycles. The molecule has 9 heteroatoms. The van der Waals surface area contributed by atoms with Crippen molar-refractivity contribution in [3.63, 3.8) is 0 Å². The Morgan fingerprint density at radius 1 is 1.11 bits per heavy atom. The Bertz CT molecular complexity index is 1480. The summed E-state index contributed by atoms with van der Waals surface area (Å²) in [5.74, 6) is 0.551. The normalized spacial score (nSPS) is 14.6. The summed E-state index contributed by atoms with van der Waals surface area (Å²) in [5, 5.41) is 4.29. The zero-order chi connectivity index (χ0) is 26.0. The van der Waals surface area contributed by atoms with Gasteiger partial charge in [0, 0.05) is 54.9 Å². The van der Waals surface area contributed by atoms with E-state index in [4.69, 9.17) is 9.47 Å². The molecule has 1 aliphatic rings. The van der Waals surface area contributed by atoms with E-state index in [1.165, 1.54) is 4.57 Å². The Hall–Kier alpha value is -3.98. The highest BCUT2D eigenvalue weighted by atomic mass is 16.6. The molecule has 9 nitrogen and oxygen atoms in total. The molecule has 0 bridgehead atoms. The molecule has 1 fully saturated rings. The van der Waals surface area contributed by atoms with Gasteiger partial charge >= 0.3 is 6.09 Å². The van der Waals surface area contributed by atoms with E-state index in [1.807, 2.05) is 51.1 Å². The van der Waals surface area contributed by atoms with Gasteiger partial charge in [0.1, 0.15) is 5.60 Å². The summed E-state index contributed by atoms with van der Waals surface area (Å²) in [5.41, 5.74) is 2.32. The van der Waals surface area contributed by atoms with Crippen LogP contribution in [0.25, 0.3) is 22.2 Å². The van der Waals surface area contributed by atoms with E-state index in [0.717, 1.165) is 48.1 Å². The lowest BCUT2D eigenvalue weighted by atomic mass is 10.1. The first-order valence-corrected chi connectivity index (χ1v) is 12.5. The van der Waals surface area contributed by atoms with Gasteiger partial charge in [0.05, 0.1) is 17.8 Å². The Morgan fingerprint density at radius 3 is 2.68 bits per heavy atom. The molecule has 37 heavy (non-hydrogen) atoms. The van der Waals surface area contributed by atoms with Crippen molar-refractivity contribution in [1.82, 2.24) is 19.1 Å². The maximum absolute atomic E-state index is 13.0. The highest BCUT2D eigenvalue weighted by Crippen LogP contribution is 2.21. The van der Waals surface area contributed by atoms with Crippen LogP contribution in [-0.4, -0.2) is 50.1 Å². The van der Waals surface area contributed by atoms with Gasteiger partial charge < -0.3 is 19.4 Å². The Balaban J connectivity index is 1.34. The molecule has 4 heterocycles. The van der Waals surface area contributed by atoms with E-state index in [2.05, 4.69) is 15.3 Å². The number of rotatable bonds is 5. The van der Waals surface area contributed by atoms with Crippen molar-refractivity contribution in [3.8, 4) is 11.3 Å². The number of hydrogen-bond acceptors (Lipinski definition) is 7. The third-order valence-corrected chi connectivity index (χ3v) is 6.20. The predicted octanol–water partition coefficient (Wildman–Crippen LogP) is 4.68. The fraction of sp³-hybridized carbons (Fsp3) is 0.357. The minimum atomic E-state index is -0.592. The van der Waals surface area contributed by atoms with Gasteiger partial charge in [0.2, 0.25) is 5.95 Å². The maximum atomic E-state index is 13.0. The minimum Gasteiger partial charge on any atom is -0.443 e. The van der Waals surface area contributed by atoms with Gasteiger partial charge in [0.15, 0.2) is 0 Å². The third kappa shape index (κ3) is 5.89. The first-order chi connectivity index (χ1) is 17.7. The van der Waals surface area contributed by atoms with Crippen molar-refractivity contribution in [2.24, 2.45) is 0 Å². The monoisotopic (exact) mass is 501 g/mol. The van der Waals surface area contributed by atoms with Crippen LogP contribution in [-0.2, 0) is 16.0 Å². The molecule has 0 spiro atoms. The second-order valence-corrected chi connectivity index (χ2v) is 10.2. The van der Waals surface area contributed by atoms with Crippen LogP contribution >= 0.6 is 0 Å². The average molecular weight is 502 g/mol. The van der Waals surface area contributed by atoms with Crippen LogP contribution in [0.15, 0.2) is 65.8 Å². The number of carbonyl (C=O) groups excluding carboxylic acids is 1. The Morgan fingerprint density at radius 2 is 1.92 bits per heavy atom. The van der Waals surface area contributed by atoms with Gasteiger partial charge in [-0.1, -0.05) is 12.1 Å². The fourth-order valence-corrected chi connectivity index (χ4v) is 4.35. The number of ether oxygens (including phenoxy) is 2. The van der Waals surface area contributed by atoms with Crippen LogP contribution in [0.1, 0.15) is 39.2 Å². The van der Waals surface area contributed by atoms with E-state index >= 15 is 0 Å². The lowest BCUT2D eigenvalue weighted by Gasteiger charge is -2.23. The second-order valence-electron chi connectivity index (χ2n) is 10.2. The van der Waals surface area contributed by atoms with Gasteiger partial charge in [-0.3, -0.25) is 9.36 Å². The zero-order valence-corrected chi connectivity index (χ0v) is 21.3. The van der Waals surface area contributed by atoms with Gasteiger partial charge in [0.25, 0.3) is 5.56 Å². The number of benzene rings is 1. The van der Waals surface area contributed by atoms with Crippen LogP contribution in [0.4, 0.5) is 10.7 Å². The molecule has 0 amide bonds. The number of nitrogens with zero attached hydrogens (tertiary/aromatic N) is 4. The first-order valence-electron chi connectivity index (χ1n) is 12.5. The van der Waals surface area contributed by atoms with E-state index < -0.39 is 11.7 Å². The lowest BCUT2D eigenvalue weighted by Crippen LogP contribution is -2.28. The van der Waals surface area contributed by atoms with Gasteiger partial charge in [-0.05, 0) is 63.4 Å². The summed E-state index contributed by atoms with van der Waals surface area (Å²) >= 11 is 0. The van der Waals surface area contributed by atoms with Crippen molar-refractivity contribution < 1.29 is 14.3 Å². The van der Waals surface area contributed by atoms with E-state index in [9.17, 15) is 9.59 Å². The van der Waals surface area contributed by atoms with Crippen molar-refractivity contribution in [1.29, 1.82) is 0 Å². The van der Waals surface area contributed by atoms with Crippen LogP contribution in [0.3, 0.4) is 0 Å². The number of anilines is 1. The number of hydrogen-bond donors (Lipinski definition) is 1. The largest absolute Gasteiger partial charge is 0.443 e. The molecule has 1 aliphatic heterocycles. The van der Waals surface area contributed by atoms with Crippen LogP contribution in [0.2, 0.25) is 0 Å². The molecule has 0 atom stereocenters. The third-order valence-electron chi connectivity index (χ3n) is 6.20. The van der Waals surface area contributed by atoms with E-state index in [1.54, 1.807) is 35.3 Å². The first kappa shape index (κ1) is 24.7. The summed E-state index contributed by atoms with van der Waals surface area (Å²) in [6.45, 7) is 7.34. The number of nitrogens with one attached hydrogen (secondary N) is 1. The summed E-state index contributed by atoms with van der Waals surface area (Å²) in [7, 11) is 0. The molecule has 0 unspecified atom stereocenters. The maximum Gasteiger partial charge on any atom is 0.418 e. The fourth-order valence-electron chi connectivity index (χ4n) is 4.35. The zero-order valence-electron chi connectivity index (χ0n) is 21.3. The van der Waals surface area contributed by atoms with Gasteiger partial charge in [-0.2, -0.15) is 0 Å². The summed E-state index contributed by atoms with van der Waals surface area (Å²) < 4.78 is 14.1. The number of pyridine rings is 1. The molecule has 4 aromatic rings. The van der Waals surface area contributed by atoms with Gasteiger partial charge in [-0.25, -0.2) is 14.8 Å². The summed E-state index contributed by atoms with van der Waals surface area (Å²) in [6, 6.07) is 13.2. The van der Waals surface area contributed by atoms with Crippen molar-refractivity contribution in [3.05, 3.63) is 77.0 Å². The molecule has 0 saturated carbocycles. The molecule has 3 aromatic heterocycles. The second kappa shape index (κ2) is 10.2. The standard InChI is InChI=1S/C28H31N5O4/c1-28(2,3)37-27(35)33-13-8-20-5-4-19(16-24(20)33)18-32-12-7-21(17-25(32)34)23-6-11-29-26(31-23)30-22-9-14-36-15-10-22/h4-8,11-13,16-17,22H,9-10,14-15,18H2,1-3H3,(H,29,30,31). The van der Waals surface area contributed by atoms with E-state index in [-0.39, 0.29) is 11.6 Å². The Labute approximate surface area is 215 Å². The van der Waals surface area contributed by atoms with Crippen LogP contribution in [0.5, 0.6) is 0 Å². The molecular weight excluding hydrogens is 470 g/mol. The SMILES string of the molecule is CC(C)(C)OC(=O)n1ccc2ccc(Cn3ccc(-c4ccnc(NC5CCOCC5)n4)cc3=O)cc21. The van der Waals surface area contributed by atoms with Gasteiger partial charge in [-0.15, -0.1) is 0 Å². The van der Waals surface area contributed by atoms with Crippen LogP contribution in [0, 0.1) is 0 Å². The smallest absolute Gasteiger partial charge is 0.418 e. The molecule has 1 N–H and O–H groups in total. The number of carbonyl (C=O) groups is 1. The number of aromatic nitrogens is 4. The minimum absolute atomic E-state index is 0.141. The molecule has 0 radical (unpaired) electrons. The molecule has 5 rings (SSSR count). The number of fused-ring (bicyclic) bond motifs is 1. The van der Waals surface area contributed by atoms with E-state index in [0.29, 0.717) is 18.2 Å². The highest BCUT2D eigenvalue weighted by molar-refractivity contribution is 5.90.